The van der Waals surface area contributed by atoms with Crippen molar-refractivity contribution in [3.63, 3.8) is 0 Å². The number of halogens is 1. The normalized spacial score (nSPS) is 12.9. The van der Waals surface area contributed by atoms with Crippen LogP contribution in [0.15, 0.2) is 0 Å². The molecule has 0 aliphatic heterocycles. The van der Waals surface area contributed by atoms with Gasteiger partial charge in [-0.25, -0.2) is 9.59 Å². The molecule has 0 heterocycles. The number of alkyl halides is 1. The molecular weight excluding hydrogens is 327 g/mol. The van der Waals surface area contributed by atoms with Crippen molar-refractivity contribution in [1.82, 2.24) is 5.06 Å². The largest absolute Gasteiger partial charge is 0.463 e. The lowest BCUT2D eigenvalue weighted by Crippen LogP contribution is -2.39. The molecule has 3 N–H and O–H groups in total. The predicted molar refractivity (Wildman–Crippen MR) is 65.8 cm³/mol. The second-order valence-corrected chi connectivity index (χ2v) is 4.90. The molecule has 0 saturated carbocycles. The van der Waals surface area contributed by atoms with E-state index in [1.807, 2.05) is 6.92 Å². The number of nitrogens with two attached hydrogens (primary N) is 1. The quantitative estimate of drug-likeness (QED) is 0.352. The molecule has 0 radical (unpaired) electrons. The zero-order valence-corrected chi connectivity index (χ0v) is 11.1. The first kappa shape index (κ1) is 14.8. The second-order valence-electron chi connectivity index (χ2n) is 2.93. The van der Waals surface area contributed by atoms with Gasteiger partial charge >= 0.3 is 12.2 Å². The Morgan fingerprint density at radius 3 is 2.50 bits per heavy atom. The van der Waals surface area contributed by atoms with Gasteiger partial charge in [-0.3, -0.25) is 0 Å². The average molecular weight is 340 g/mol. The molecule has 90 valence electrons. The topological polar surface area (TPSA) is 92.9 Å². The summed E-state index contributed by atoms with van der Waals surface area (Å²) < 4.78 is 0.114. The fourth-order valence-corrected chi connectivity index (χ4v) is 1.34. The Hall–Kier alpha value is -1.17. The van der Waals surface area contributed by atoms with Gasteiger partial charge in [0.25, 0.3) is 0 Å². The van der Waals surface area contributed by atoms with E-state index >= 15 is 0 Å². The van der Waals surface area contributed by atoms with Crippen LogP contribution in [0.1, 0.15) is 13.8 Å². The first-order valence-electron chi connectivity index (χ1n) is 4.42. The van der Waals surface area contributed by atoms with Crippen molar-refractivity contribution in [2.75, 3.05) is 6.54 Å². The minimum Gasteiger partial charge on any atom is -0.463 e. The molecule has 0 saturated heterocycles. The van der Waals surface area contributed by atoms with Crippen LogP contribution in [0.25, 0.3) is 0 Å². The SMILES string of the molecule is CC#CC(CN(OC(N)=O)C(=O)O)C(C)I. The van der Waals surface area contributed by atoms with Gasteiger partial charge in [0.15, 0.2) is 0 Å². The van der Waals surface area contributed by atoms with E-state index in [4.69, 9.17) is 10.8 Å². The minimum absolute atomic E-state index is 0.0246. The molecule has 0 spiro atoms. The molecule has 2 amide bonds. The van der Waals surface area contributed by atoms with Crippen molar-refractivity contribution in [2.24, 2.45) is 11.7 Å². The Balaban J connectivity index is 4.61. The van der Waals surface area contributed by atoms with E-state index in [9.17, 15) is 9.59 Å². The van der Waals surface area contributed by atoms with Gasteiger partial charge in [-0.2, -0.15) is 0 Å². The molecule has 0 aliphatic rings. The Labute approximate surface area is 107 Å². The number of nitrogens with zero attached hydrogens (tertiary/aromatic N) is 1. The average Bonchev–Trinajstić information content (AvgIpc) is 2.14. The van der Waals surface area contributed by atoms with E-state index in [0.717, 1.165) is 0 Å². The third-order valence-corrected chi connectivity index (χ3v) is 2.53. The Morgan fingerprint density at radius 1 is 1.62 bits per heavy atom. The molecule has 0 bridgehead atoms. The van der Waals surface area contributed by atoms with Gasteiger partial charge in [-0.15, -0.1) is 11.0 Å². The van der Waals surface area contributed by atoms with Crippen LogP contribution in [0.2, 0.25) is 0 Å². The molecule has 6 nitrogen and oxygen atoms in total. The molecule has 0 fully saturated rings. The van der Waals surface area contributed by atoms with Crippen molar-refractivity contribution in [2.45, 2.75) is 17.8 Å². The monoisotopic (exact) mass is 340 g/mol. The number of carbonyl (C=O) groups is 2. The molecule has 2 unspecified atom stereocenters. The molecule has 16 heavy (non-hydrogen) atoms. The van der Waals surface area contributed by atoms with Crippen molar-refractivity contribution in [3.8, 4) is 11.8 Å². The highest BCUT2D eigenvalue weighted by Crippen LogP contribution is 2.14. The number of rotatable bonds is 3. The highest BCUT2D eigenvalue weighted by atomic mass is 127. The highest BCUT2D eigenvalue weighted by Gasteiger charge is 2.23. The molecule has 0 rings (SSSR count). The van der Waals surface area contributed by atoms with Crippen LogP contribution >= 0.6 is 22.6 Å². The molecular formula is C9H13IN2O4. The summed E-state index contributed by atoms with van der Waals surface area (Å²) in [6, 6.07) is 0. The van der Waals surface area contributed by atoms with Crippen LogP contribution < -0.4 is 5.73 Å². The van der Waals surface area contributed by atoms with Gasteiger partial charge in [0.1, 0.15) is 0 Å². The summed E-state index contributed by atoms with van der Waals surface area (Å²) in [5.41, 5.74) is 4.75. The number of amides is 2. The fraction of sp³-hybridized carbons (Fsp3) is 0.556. The van der Waals surface area contributed by atoms with Crippen molar-refractivity contribution >= 4 is 34.8 Å². The summed E-state index contributed by atoms with van der Waals surface area (Å²) in [6.07, 6.45) is -2.54. The number of primary amides is 1. The zero-order valence-electron chi connectivity index (χ0n) is 8.94. The van der Waals surface area contributed by atoms with Crippen molar-refractivity contribution in [1.29, 1.82) is 0 Å². The maximum absolute atomic E-state index is 10.7. The Bertz CT molecular complexity index is 321. The summed E-state index contributed by atoms with van der Waals surface area (Å²) in [5, 5.41) is 9.26. The zero-order chi connectivity index (χ0) is 12.7. The van der Waals surface area contributed by atoms with E-state index in [1.54, 1.807) is 6.92 Å². The van der Waals surface area contributed by atoms with E-state index in [0.29, 0.717) is 5.06 Å². The van der Waals surface area contributed by atoms with Gasteiger partial charge in [0.2, 0.25) is 0 Å². The second kappa shape index (κ2) is 7.16. The summed E-state index contributed by atoms with van der Waals surface area (Å²) in [6.45, 7) is 3.52. The lowest BCUT2D eigenvalue weighted by Gasteiger charge is -2.21. The minimum atomic E-state index is -1.38. The summed E-state index contributed by atoms with van der Waals surface area (Å²) >= 11 is 2.12. The molecule has 7 heteroatoms. The van der Waals surface area contributed by atoms with Crippen LogP contribution in [0.3, 0.4) is 0 Å². The van der Waals surface area contributed by atoms with Crippen molar-refractivity contribution < 1.29 is 19.5 Å². The van der Waals surface area contributed by atoms with E-state index < -0.39 is 12.2 Å². The van der Waals surface area contributed by atoms with Crippen LogP contribution in [0.4, 0.5) is 9.59 Å². The van der Waals surface area contributed by atoms with E-state index in [-0.39, 0.29) is 16.4 Å². The number of hydroxylamine groups is 2. The number of carboxylic acid groups (broad SMARTS) is 1. The lowest BCUT2D eigenvalue weighted by atomic mass is 10.1. The van der Waals surface area contributed by atoms with E-state index in [1.165, 1.54) is 0 Å². The van der Waals surface area contributed by atoms with Crippen LogP contribution in [-0.2, 0) is 4.84 Å². The van der Waals surface area contributed by atoms with Crippen LogP contribution in [-0.4, -0.2) is 32.8 Å². The van der Waals surface area contributed by atoms with Gasteiger partial charge < -0.3 is 15.7 Å². The lowest BCUT2D eigenvalue weighted by molar-refractivity contribution is -0.0761. The third kappa shape index (κ3) is 5.65. The predicted octanol–water partition coefficient (Wildman–Crippen LogP) is 1.44. The molecule has 0 aliphatic carbocycles. The summed E-state index contributed by atoms with van der Waals surface area (Å²) in [7, 11) is 0. The number of hydrogen-bond acceptors (Lipinski definition) is 3. The fourth-order valence-electron chi connectivity index (χ4n) is 0.933. The maximum Gasteiger partial charge on any atom is 0.440 e. The first-order chi connectivity index (χ1) is 7.38. The van der Waals surface area contributed by atoms with Gasteiger partial charge in [0, 0.05) is 3.92 Å². The Morgan fingerprint density at radius 2 is 2.19 bits per heavy atom. The standard InChI is InChI=1S/C9H13IN2O4/c1-3-4-7(6(2)10)5-12(9(14)15)16-8(11)13/h6-7H,5H2,1-2H3,(H2,11,13)(H,14,15). The van der Waals surface area contributed by atoms with Gasteiger partial charge in [-0.05, 0) is 6.92 Å². The molecule has 0 aromatic heterocycles. The molecule has 0 aromatic rings. The first-order valence-corrected chi connectivity index (χ1v) is 5.67. The van der Waals surface area contributed by atoms with Crippen molar-refractivity contribution in [3.05, 3.63) is 0 Å². The van der Waals surface area contributed by atoms with E-state index in [2.05, 4.69) is 39.3 Å². The maximum atomic E-state index is 10.7. The smallest absolute Gasteiger partial charge is 0.440 e. The molecule has 2 atom stereocenters. The van der Waals surface area contributed by atoms with Crippen LogP contribution in [0.5, 0.6) is 0 Å². The summed E-state index contributed by atoms with van der Waals surface area (Å²) in [5.74, 6) is 5.33. The van der Waals surface area contributed by atoms with Gasteiger partial charge in [-0.1, -0.05) is 35.4 Å². The van der Waals surface area contributed by atoms with Gasteiger partial charge in [0.05, 0.1) is 12.5 Å². The number of hydrogen-bond donors (Lipinski definition) is 2. The Kier molecular flexibility index (Phi) is 6.64. The van der Waals surface area contributed by atoms with Crippen LogP contribution in [0, 0.1) is 17.8 Å². The number of carbonyl (C=O) groups excluding carboxylic acids is 1. The summed E-state index contributed by atoms with van der Waals surface area (Å²) in [4.78, 5) is 25.6. The molecule has 0 aromatic carbocycles. The highest BCUT2D eigenvalue weighted by molar-refractivity contribution is 14.1. The third-order valence-electron chi connectivity index (χ3n) is 1.66.